The van der Waals surface area contributed by atoms with Gasteiger partial charge in [-0.3, -0.25) is 4.90 Å². The zero-order chi connectivity index (χ0) is 14.3. The Morgan fingerprint density at radius 2 is 2.20 bits per heavy atom. The van der Waals surface area contributed by atoms with Crippen molar-refractivity contribution >= 4 is 11.5 Å². The second-order valence-corrected chi connectivity index (χ2v) is 5.51. The molecule has 1 fully saturated rings. The van der Waals surface area contributed by atoms with Gasteiger partial charge in [-0.15, -0.1) is 0 Å². The number of hydrogen-bond acceptors (Lipinski definition) is 3. The summed E-state index contributed by atoms with van der Waals surface area (Å²) in [6.07, 6.45) is 2.81. The zero-order valence-electron chi connectivity index (χ0n) is 11.7. The van der Waals surface area contributed by atoms with Crippen molar-refractivity contribution < 1.29 is 13.9 Å². The molecule has 1 saturated heterocycles. The maximum absolute atomic E-state index is 13.5. The SMILES string of the molecule is COC(=O)C1=C(c2cccc(F)c2)C[C@@H]2CC[C@H]1N2C. The molecule has 2 atom stereocenters. The van der Waals surface area contributed by atoms with E-state index in [2.05, 4.69) is 4.90 Å². The highest BCUT2D eigenvalue weighted by Crippen LogP contribution is 2.42. The van der Waals surface area contributed by atoms with Crippen LogP contribution in [-0.2, 0) is 9.53 Å². The molecule has 20 heavy (non-hydrogen) atoms. The smallest absolute Gasteiger partial charge is 0.335 e. The van der Waals surface area contributed by atoms with Gasteiger partial charge in [0.25, 0.3) is 0 Å². The lowest BCUT2D eigenvalue weighted by molar-refractivity contribution is -0.136. The number of likely N-dealkylation sites (N-methyl/N-ethyl adjacent to an activating group) is 1. The largest absolute Gasteiger partial charge is 0.466 e. The molecule has 2 bridgehead atoms. The van der Waals surface area contributed by atoms with Crippen molar-refractivity contribution in [2.45, 2.75) is 31.3 Å². The van der Waals surface area contributed by atoms with E-state index in [9.17, 15) is 9.18 Å². The Balaban J connectivity index is 2.13. The molecule has 2 heterocycles. The maximum atomic E-state index is 13.5. The molecule has 1 aromatic rings. The number of hydrogen-bond donors (Lipinski definition) is 0. The molecule has 1 aromatic carbocycles. The van der Waals surface area contributed by atoms with Crippen LogP contribution in [0.3, 0.4) is 0 Å². The van der Waals surface area contributed by atoms with E-state index in [0.29, 0.717) is 11.6 Å². The summed E-state index contributed by atoms with van der Waals surface area (Å²) >= 11 is 0. The number of esters is 1. The number of halogens is 1. The van der Waals surface area contributed by atoms with E-state index >= 15 is 0 Å². The molecular formula is C16H18FNO2. The first kappa shape index (κ1) is 13.3. The van der Waals surface area contributed by atoms with Gasteiger partial charge >= 0.3 is 5.97 Å². The monoisotopic (exact) mass is 275 g/mol. The lowest BCUT2D eigenvalue weighted by Crippen LogP contribution is -2.40. The van der Waals surface area contributed by atoms with Crippen LogP contribution < -0.4 is 0 Å². The molecule has 0 spiro atoms. The molecule has 0 aromatic heterocycles. The van der Waals surface area contributed by atoms with Gasteiger partial charge in [-0.25, -0.2) is 9.18 Å². The van der Waals surface area contributed by atoms with E-state index in [1.165, 1.54) is 19.2 Å². The van der Waals surface area contributed by atoms with Gasteiger partial charge in [-0.05, 0) is 49.6 Å². The number of ether oxygens (including phenoxy) is 1. The van der Waals surface area contributed by atoms with Crippen molar-refractivity contribution in [3.8, 4) is 0 Å². The van der Waals surface area contributed by atoms with Crippen molar-refractivity contribution in [2.24, 2.45) is 0 Å². The summed E-state index contributed by atoms with van der Waals surface area (Å²) in [7, 11) is 3.45. The van der Waals surface area contributed by atoms with Crippen LogP contribution in [-0.4, -0.2) is 37.1 Å². The van der Waals surface area contributed by atoms with E-state index in [1.807, 2.05) is 13.1 Å². The lowest BCUT2D eigenvalue weighted by atomic mass is 9.88. The number of nitrogens with zero attached hydrogens (tertiary/aromatic N) is 1. The van der Waals surface area contributed by atoms with Gasteiger partial charge in [0.05, 0.1) is 12.7 Å². The molecule has 2 aliphatic heterocycles. The number of benzene rings is 1. The van der Waals surface area contributed by atoms with E-state index in [0.717, 1.165) is 30.4 Å². The first-order valence-corrected chi connectivity index (χ1v) is 6.91. The summed E-state index contributed by atoms with van der Waals surface area (Å²) in [5, 5.41) is 0. The predicted octanol–water partition coefficient (Wildman–Crippen LogP) is 2.62. The zero-order valence-corrected chi connectivity index (χ0v) is 11.7. The molecule has 0 unspecified atom stereocenters. The summed E-state index contributed by atoms with van der Waals surface area (Å²) in [4.78, 5) is 14.4. The van der Waals surface area contributed by atoms with Crippen LogP contribution in [0.15, 0.2) is 29.8 Å². The van der Waals surface area contributed by atoms with Gasteiger partial charge < -0.3 is 4.74 Å². The van der Waals surface area contributed by atoms with Crippen LogP contribution in [0.2, 0.25) is 0 Å². The third-order valence-electron chi connectivity index (χ3n) is 4.52. The second-order valence-electron chi connectivity index (χ2n) is 5.51. The van der Waals surface area contributed by atoms with Gasteiger partial charge in [0.1, 0.15) is 5.82 Å². The highest BCUT2D eigenvalue weighted by Gasteiger charge is 2.42. The third-order valence-corrected chi connectivity index (χ3v) is 4.52. The Bertz CT molecular complexity index is 582. The highest BCUT2D eigenvalue weighted by atomic mass is 19.1. The van der Waals surface area contributed by atoms with Crippen molar-refractivity contribution in [3.63, 3.8) is 0 Å². The number of carbonyl (C=O) groups is 1. The van der Waals surface area contributed by atoms with Crippen molar-refractivity contribution in [1.29, 1.82) is 0 Å². The molecule has 4 heteroatoms. The Morgan fingerprint density at radius 3 is 2.90 bits per heavy atom. The standard InChI is InChI=1S/C16H18FNO2/c1-18-12-6-7-14(18)15(16(19)20-2)13(9-12)10-4-3-5-11(17)8-10/h3-5,8,12,14H,6-7,9H2,1-2H3/t12-,14+/m0/s1. The molecular weight excluding hydrogens is 257 g/mol. The van der Waals surface area contributed by atoms with Crippen LogP contribution in [0.1, 0.15) is 24.8 Å². The second kappa shape index (κ2) is 5.02. The molecule has 0 amide bonds. The van der Waals surface area contributed by atoms with Gasteiger partial charge in [-0.2, -0.15) is 0 Å². The molecule has 0 radical (unpaired) electrons. The fourth-order valence-electron chi connectivity index (χ4n) is 3.47. The number of fused-ring (bicyclic) bond motifs is 2. The minimum atomic E-state index is -0.290. The van der Waals surface area contributed by atoms with Gasteiger partial charge in [0.15, 0.2) is 0 Å². The quantitative estimate of drug-likeness (QED) is 0.777. The van der Waals surface area contributed by atoms with Crippen molar-refractivity contribution in [3.05, 3.63) is 41.2 Å². The van der Waals surface area contributed by atoms with Crippen molar-refractivity contribution in [2.75, 3.05) is 14.2 Å². The Hall–Kier alpha value is -1.68. The molecule has 3 rings (SSSR count). The highest BCUT2D eigenvalue weighted by molar-refractivity contribution is 5.99. The summed E-state index contributed by atoms with van der Waals surface area (Å²) in [6, 6.07) is 7.01. The summed E-state index contributed by atoms with van der Waals surface area (Å²) in [5.41, 5.74) is 2.45. The fourth-order valence-corrected chi connectivity index (χ4v) is 3.47. The molecule has 2 aliphatic rings. The first-order valence-electron chi connectivity index (χ1n) is 6.91. The van der Waals surface area contributed by atoms with E-state index in [1.54, 1.807) is 6.07 Å². The number of rotatable bonds is 2. The molecule has 0 N–H and O–H groups in total. The minimum absolute atomic E-state index is 0.0967. The van der Waals surface area contributed by atoms with E-state index in [-0.39, 0.29) is 17.8 Å². The number of carbonyl (C=O) groups excluding carboxylic acids is 1. The van der Waals surface area contributed by atoms with Gasteiger partial charge in [-0.1, -0.05) is 12.1 Å². The van der Waals surface area contributed by atoms with Crippen LogP contribution in [0.5, 0.6) is 0 Å². The van der Waals surface area contributed by atoms with Crippen molar-refractivity contribution in [1.82, 2.24) is 4.90 Å². The average Bonchev–Trinajstić information content (AvgIpc) is 2.69. The minimum Gasteiger partial charge on any atom is -0.466 e. The van der Waals surface area contributed by atoms with Gasteiger partial charge in [0, 0.05) is 12.1 Å². The van der Waals surface area contributed by atoms with E-state index in [4.69, 9.17) is 4.74 Å². The Kier molecular flexibility index (Phi) is 3.34. The molecule has 0 saturated carbocycles. The average molecular weight is 275 g/mol. The number of methoxy groups -OCH3 is 1. The fraction of sp³-hybridized carbons (Fsp3) is 0.438. The molecule has 3 nitrogen and oxygen atoms in total. The van der Waals surface area contributed by atoms with Crippen LogP contribution in [0, 0.1) is 5.82 Å². The molecule has 106 valence electrons. The molecule has 0 aliphatic carbocycles. The topological polar surface area (TPSA) is 29.5 Å². The lowest BCUT2D eigenvalue weighted by Gasteiger charge is -2.34. The predicted molar refractivity (Wildman–Crippen MR) is 74.5 cm³/mol. The Labute approximate surface area is 118 Å². The van der Waals surface area contributed by atoms with Crippen LogP contribution in [0.4, 0.5) is 4.39 Å². The maximum Gasteiger partial charge on any atom is 0.335 e. The van der Waals surface area contributed by atoms with E-state index < -0.39 is 0 Å². The first-order chi connectivity index (χ1) is 9.61. The Morgan fingerprint density at radius 1 is 1.40 bits per heavy atom. The summed E-state index contributed by atoms with van der Waals surface area (Å²) in [6.45, 7) is 0. The van der Waals surface area contributed by atoms with Crippen LogP contribution >= 0.6 is 0 Å². The van der Waals surface area contributed by atoms with Gasteiger partial charge in [0.2, 0.25) is 0 Å². The summed E-state index contributed by atoms with van der Waals surface area (Å²) < 4.78 is 18.4. The normalized spacial score (nSPS) is 25.9. The third kappa shape index (κ3) is 2.04. The van der Waals surface area contributed by atoms with Crippen LogP contribution in [0.25, 0.3) is 5.57 Å². The summed E-state index contributed by atoms with van der Waals surface area (Å²) in [5.74, 6) is -0.563.